The van der Waals surface area contributed by atoms with E-state index in [-0.39, 0.29) is 5.75 Å². The molecule has 0 saturated heterocycles. The maximum atomic E-state index is 10.5. The highest BCUT2D eigenvalue weighted by Crippen LogP contribution is 2.49. The molecule has 5 heteroatoms. The molecule has 1 saturated carbocycles. The van der Waals surface area contributed by atoms with Crippen LogP contribution in [0.2, 0.25) is 0 Å². The number of methoxy groups -OCH3 is 1. The summed E-state index contributed by atoms with van der Waals surface area (Å²) in [5, 5.41) is 19.0. The van der Waals surface area contributed by atoms with Gasteiger partial charge in [-0.1, -0.05) is 0 Å². The number of aromatic hydroxyl groups is 1. The summed E-state index contributed by atoms with van der Waals surface area (Å²) in [4.78, 5) is 14.3. The third-order valence-electron chi connectivity index (χ3n) is 3.38. The van der Waals surface area contributed by atoms with Crippen LogP contribution in [0.15, 0.2) is 17.1 Å². The predicted octanol–water partition coefficient (Wildman–Crippen LogP) is 1.99. The minimum atomic E-state index is -0.719. The highest BCUT2D eigenvalue weighted by Gasteiger charge is 2.41. The summed E-state index contributed by atoms with van der Waals surface area (Å²) < 4.78 is 5.01. The fourth-order valence-corrected chi connectivity index (χ4v) is 2.24. The number of hydrogen-bond donors (Lipinski definition) is 1. The molecule has 1 N–H and O–H groups in total. The number of carbonyl (C=O) groups excluding carboxylic acids is 1. The Morgan fingerprint density at radius 2 is 2.22 bits per heavy atom. The number of hydrogen-bond acceptors (Lipinski definition) is 5. The summed E-state index contributed by atoms with van der Waals surface area (Å²) >= 11 is 0. The van der Waals surface area contributed by atoms with E-state index in [4.69, 9.17) is 10.00 Å². The third kappa shape index (κ3) is 1.73. The molecule has 92 valence electrons. The second kappa shape index (κ2) is 4.52. The number of aliphatic imine (C=N–C) groups is 1. The van der Waals surface area contributed by atoms with Crippen molar-refractivity contribution in [2.75, 3.05) is 7.11 Å². The second-order valence-corrected chi connectivity index (χ2v) is 4.27. The maximum Gasteiger partial charge on any atom is 0.235 e. The molecule has 1 aliphatic carbocycles. The van der Waals surface area contributed by atoms with E-state index < -0.39 is 5.54 Å². The summed E-state index contributed by atoms with van der Waals surface area (Å²) in [5.41, 5.74) is 0.0936. The van der Waals surface area contributed by atoms with Crippen molar-refractivity contribution in [2.24, 2.45) is 4.99 Å². The van der Waals surface area contributed by atoms with Gasteiger partial charge in [-0.05, 0) is 25.3 Å². The van der Waals surface area contributed by atoms with Gasteiger partial charge in [0.05, 0.1) is 12.7 Å². The number of ether oxygens (including phenoxy) is 1. The first-order chi connectivity index (χ1) is 8.66. The lowest BCUT2D eigenvalue weighted by molar-refractivity contribution is 0.247. The number of phenolic OH excluding ortho intramolecular Hbond substituents is 1. The summed E-state index contributed by atoms with van der Waals surface area (Å²) in [6.07, 6.45) is 3.83. The van der Waals surface area contributed by atoms with Crippen molar-refractivity contribution in [1.82, 2.24) is 0 Å². The number of rotatable bonds is 3. The average Bonchev–Trinajstić information content (AvgIpc) is 2.34. The molecule has 0 aromatic heterocycles. The Morgan fingerprint density at radius 1 is 1.50 bits per heavy atom. The van der Waals surface area contributed by atoms with Gasteiger partial charge in [-0.25, -0.2) is 4.79 Å². The lowest BCUT2D eigenvalue weighted by Crippen LogP contribution is -2.32. The fraction of sp³-hybridized carbons (Fsp3) is 0.385. The molecular formula is C13H12N2O3. The van der Waals surface area contributed by atoms with Crippen molar-refractivity contribution in [3.05, 3.63) is 23.3 Å². The van der Waals surface area contributed by atoms with E-state index >= 15 is 0 Å². The predicted molar refractivity (Wildman–Crippen MR) is 63.0 cm³/mol. The molecule has 0 unspecified atom stereocenters. The summed E-state index contributed by atoms with van der Waals surface area (Å²) in [6, 6.07) is 4.92. The monoisotopic (exact) mass is 244 g/mol. The molecule has 0 bridgehead atoms. The fourth-order valence-electron chi connectivity index (χ4n) is 2.24. The van der Waals surface area contributed by atoms with Crippen LogP contribution in [0.1, 0.15) is 30.4 Å². The van der Waals surface area contributed by atoms with Gasteiger partial charge in [0, 0.05) is 11.6 Å². The van der Waals surface area contributed by atoms with Crippen LogP contribution in [0.3, 0.4) is 0 Å². The van der Waals surface area contributed by atoms with E-state index in [9.17, 15) is 9.90 Å². The van der Waals surface area contributed by atoms with Gasteiger partial charge < -0.3 is 9.84 Å². The Bertz CT molecular complexity index is 564. The van der Waals surface area contributed by atoms with Gasteiger partial charge in [-0.15, -0.1) is 0 Å². The smallest absolute Gasteiger partial charge is 0.235 e. The van der Waals surface area contributed by atoms with Gasteiger partial charge in [-0.2, -0.15) is 10.3 Å². The molecule has 5 nitrogen and oxygen atoms in total. The molecule has 18 heavy (non-hydrogen) atoms. The van der Waals surface area contributed by atoms with Crippen molar-refractivity contribution >= 4 is 6.08 Å². The van der Waals surface area contributed by atoms with E-state index in [1.807, 2.05) is 6.07 Å². The normalized spacial score (nSPS) is 16.0. The Morgan fingerprint density at radius 3 is 2.67 bits per heavy atom. The number of nitriles is 1. The van der Waals surface area contributed by atoms with Crippen LogP contribution in [-0.4, -0.2) is 18.3 Å². The molecule has 0 spiro atoms. The second-order valence-electron chi connectivity index (χ2n) is 4.27. The quantitative estimate of drug-likeness (QED) is 0.651. The molecule has 0 amide bonds. The Hall–Kier alpha value is -2.31. The largest absolute Gasteiger partial charge is 0.507 e. The summed E-state index contributed by atoms with van der Waals surface area (Å²) in [7, 11) is 1.43. The molecule has 0 atom stereocenters. The third-order valence-corrected chi connectivity index (χ3v) is 3.38. The molecule has 1 aromatic carbocycles. The Balaban J connectivity index is 2.58. The zero-order valence-corrected chi connectivity index (χ0v) is 9.93. The van der Waals surface area contributed by atoms with Crippen LogP contribution in [0, 0.1) is 11.3 Å². The zero-order valence-electron chi connectivity index (χ0n) is 9.93. The Kier molecular flexibility index (Phi) is 3.05. The molecule has 2 rings (SSSR count). The first-order valence-corrected chi connectivity index (χ1v) is 5.57. The number of phenols is 1. The van der Waals surface area contributed by atoms with Gasteiger partial charge in [0.15, 0.2) is 0 Å². The summed E-state index contributed by atoms with van der Waals surface area (Å²) in [5.74, 6) is 0.299. The standard InChI is InChI=1S/C13H12N2O3/c1-18-12-6-11(17)10(5-9(12)7-14)13(15-8-16)3-2-4-13/h5-6,17H,2-4H2,1H3. The van der Waals surface area contributed by atoms with Crippen LogP contribution < -0.4 is 4.74 Å². The van der Waals surface area contributed by atoms with Crippen molar-refractivity contribution < 1.29 is 14.6 Å². The van der Waals surface area contributed by atoms with Gasteiger partial charge >= 0.3 is 0 Å². The first-order valence-electron chi connectivity index (χ1n) is 5.57. The van der Waals surface area contributed by atoms with Gasteiger partial charge in [0.1, 0.15) is 23.1 Å². The minimum absolute atomic E-state index is 0.00968. The van der Waals surface area contributed by atoms with Crippen LogP contribution in [0.25, 0.3) is 0 Å². The molecule has 1 fully saturated rings. The molecule has 0 radical (unpaired) electrons. The zero-order chi connectivity index (χ0) is 13.2. The van der Waals surface area contributed by atoms with Gasteiger partial charge in [0.25, 0.3) is 0 Å². The van der Waals surface area contributed by atoms with Crippen LogP contribution in [0.5, 0.6) is 11.5 Å². The Labute approximate surface area is 104 Å². The molecule has 0 aliphatic heterocycles. The van der Waals surface area contributed by atoms with E-state index in [2.05, 4.69) is 4.99 Å². The van der Waals surface area contributed by atoms with E-state index in [1.165, 1.54) is 19.2 Å². The number of nitrogens with zero attached hydrogens (tertiary/aromatic N) is 2. The lowest BCUT2D eigenvalue weighted by atomic mass is 9.71. The minimum Gasteiger partial charge on any atom is -0.507 e. The topological polar surface area (TPSA) is 82.7 Å². The van der Waals surface area contributed by atoms with Gasteiger partial charge in [0.2, 0.25) is 6.08 Å². The number of isocyanates is 1. The van der Waals surface area contributed by atoms with Crippen LogP contribution in [-0.2, 0) is 10.3 Å². The highest BCUT2D eigenvalue weighted by molar-refractivity contribution is 5.55. The van der Waals surface area contributed by atoms with E-state index in [1.54, 1.807) is 6.08 Å². The van der Waals surface area contributed by atoms with Crippen molar-refractivity contribution in [3.63, 3.8) is 0 Å². The first kappa shape index (κ1) is 12.2. The van der Waals surface area contributed by atoms with E-state index in [0.29, 0.717) is 29.7 Å². The van der Waals surface area contributed by atoms with Crippen LogP contribution >= 0.6 is 0 Å². The molecule has 1 aliphatic rings. The van der Waals surface area contributed by atoms with Crippen LogP contribution in [0.4, 0.5) is 0 Å². The number of benzene rings is 1. The SMILES string of the molecule is COc1cc(O)c(C2(N=C=O)CCC2)cc1C#N. The molecule has 0 heterocycles. The van der Waals surface area contributed by atoms with Gasteiger partial charge in [-0.3, -0.25) is 0 Å². The van der Waals surface area contributed by atoms with E-state index in [0.717, 1.165) is 6.42 Å². The summed E-state index contributed by atoms with van der Waals surface area (Å²) in [6.45, 7) is 0. The van der Waals surface area contributed by atoms with Crippen molar-refractivity contribution in [3.8, 4) is 17.6 Å². The molecule has 1 aromatic rings. The lowest BCUT2D eigenvalue weighted by Gasteiger charge is -2.37. The maximum absolute atomic E-state index is 10.5. The van der Waals surface area contributed by atoms with Crippen molar-refractivity contribution in [1.29, 1.82) is 5.26 Å². The highest BCUT2D eigenvalue weighted by atomic mass is 16.5. The average molecular weight is 244 g/mol. The van der Waals surface area contributed by atoms with Crippen molar-refractivity contribution in [2.45, 2.75) is 24.8 Å². The molecular weight excluding hydrogens is 232 g/mol.